The van der Waals surface area contributed by atoms with Crippen LogP contribution in [0.1, 0.15) is 12.5 Å². The third kappa shape index (κ3) is 2.11. The lowest BCUT2D eigenvalue weighted by Gasteiger charge is -2.04. The molecular weight excluding hydrogens is 202 g/mol. The van der Waals surface area contributed by atoms with Crippen LogP contribution in [0.15, 0.2) is 30.5 Å². The molecule has 0 bridgehead atoms. The van der Waals surface area contributed by atoms with Crippen LogP contribution in [-0.2, 0) is 4.79 Å². The summed E-state index contributed by atoms with van der Waals surface area (Å²) in [5, 5.41) is 9.43. The Bertz CT molecular complexity index is 516. The first-order chi connectivity index (χ1) is 7.66. The van der Waals surface area contributed by atoms with Crippen molar-refractivity contribution in [1.29, 1.82) is 0 Å². The molecule has 2 N–H and O–H groups in total. The van der Waals surface area contributed by atoms with E-state index in [9.17, 15) is 4.79 Å². The summed E-state index contributed by atoms with van der Waals surface area (Å²) in [6.07, 6.45) is 1.71. The lowest BCUT2D eigenvalue weighted by atomic mass is 10.1. The number of hydrogen-bond acceptors (Lipinski definition) is 2. The van der Waals surface area contributed by atoms with E-state index in [4.69, 9.17) is 0 Å². The average molecular weight is 215 g/mol. The van der Waals surface area contributed by atoms with E-state index in [1.54, 1.807) is 6.20 Å². The highest BCUT2D eigenvalue weighted by Gasteiger charge is 2.08. The fourth-order valence-corrected chi connectivity index (χ4v) is 1.59. The maximum absolute atomic E-state index is 11.0. The maximum atomic E-state index is 11.0. The highest BCUT2D eigenvalue weighted by molar-refractivity contribution is 5.92. The molecule has 4 heteroatoms. The Morgan fingerprint density at radius 2 is 2.25 bits per heavy atom. The maximum Gasteiger partial charge on any atom is 0.222 e. The predicted molar refractivity (Wildman–Crippen MR) is 63.1 cm³/mol. The standard InChI is InChI=1S/C12H13N3O/c1-8-4-3-5-10(6-8)11-7-13-15-12(11)14-9(2)16/h3-7H,1-2H3,(H2,13,14,15,16). The minimum Gasteiger partial charge on any atom is -0.311 e. The van der Waals surface area contributed by atoms with Gasteiger partial charge in [0.25, 0.3) is 0 Å². The van der Waals surface area contributed by atoms with Crippen molar-refractivity contribution in [2.75, 3.05) is 5.32 Å². The summed E-state index contributed by atoms with van der Waals surface area (Å²) >= 11 is 0. The minimum atomic E-state index is -0.113. The predicted octanol–water partition coefficient (Wildman–Crippen LogP) is 2.34. The minimum absolute atomic E-state index is 0.113. The second kappa shape index (κ2) is 4.18. The van der Waals surface area contributed by atoms with Crippen LogP contribution in [0, 0.1) is 6.92 Å². The molecule has 82 valence electrons. The summed E-state index contributed by atoms with van der Waals surface area (Å²) in [7, 11) is 0. The highest BCUT2D eigenvalue weighted by atomic mass is 16.1. The Morgan fingerprint density at radius 1 is 1.44 bits per heavy atom. The Labute approximate surface area is 93.7 Å². The Balaban J connectivity index is 2.40. The molecule has 1 aromatic heterocycles. The fraction of sp³-hybridized carbons (Fsp3) is 0.167. The van der Waals surface area contributed by atoms with Gasteiger partial charge in [0, 0.05) is 12.5 Å². The van der Waals surface area contributed by atoms with E-state index in [1.165, 1.54) is 12.5 Å². The van der Waals surface area contributed by atoms with Crippen molar-refractivity contribution in [3.8, 4) is 11.1 Å². The molecule has 0 aliphatic heterocycles. The van der Waals surface area contributed by atoms with Gasteiger partial charge >= 0.3 is 0 Å². The number of hydrogen-bond donors (Lipinski definition) is 2. The summed E-state index contributed by atoms with van der Waals surface area (Å²) in [5.41, 5.74) is 3.11. The molecule has 0 saturated carbocycles. The molecule has 2 rings (SSSR count). The van der Waals surface area contributed by atoms with Gasteiger partial charge in [-0.2, -0.15) is 5.10 Å². The van der Waals surface area contributed by atoms with Gasteiger partial charge in [-0.05, 0) is 12.5 Å². The van der Waals surface area contributed by atoms with Crippen molar-refractivity contribution in [2.24, 2.45) is 0 Å². The number of amides is 1. The number of aryl methyl sites for hydroxylation is 1. The number of carbonyl (C=O) groups excluding carboxylic acids is 1. The van der Waals surface area contributed by atoms with Gasteiger partial charge in [0.2, 0.25) is 5.91 Å². The normalized spacial score (nSPS) is 10.1. The van der Waals surface area contributed by atoms with Crippen molar-refractivity contribution in [2.45, 2.75) is 13.8 Å². The SMILES string of the molecule is CC(=O)Nc1[nH]ncc1-c1cccc(C)c1. The Morgan fingerprint density at radius 3 is 2.94 bits per heavy atom. The van der Waals surface area contributed by atoms with E-state index in [1.807, 2.05) is 25.1 Å². The van der Waals surface area contributed by atoms with E-state index in [2.05, 4.69) is 21.6 Å². The Kier molecular flexibility index (Phi) is 2.72. The molecule has 0 radical (unpaired) electrons. The summed E-state index contributed by atoms with van der Waals surface area (Å²) in [4.78, 5) is 11.0. The number of H-pyrrole nitrogens is 1. The lowest BCUT2D eigenvalue weighted by Crippen LogP contribution is -2.06. The molecule has 1 heterocycles. The van der Waals surface area contributed by atoms with Crippen molar-refractivity contribution in [3.05, 3.63) is 36.0 Å². The van der Waals surface area contributed by atoms with Crippen LogP contribution in [0.5, 0.6) is 0 Å². The molecule has 0 spiro atoms. The molecule has 1 aromatic carbocycles. The van der Waals surface area contributed by atoms with Crippen molar-refractivity contribution >= 4 is 11.7 Å². The summed E-state index contributed by atoms with van der Waals surface area (Å²) < 4.78 is 0. The molecule has 2 aromatic rings. The number of nitrogens with one attached hydrogen (secondary N) is 2. The molecule has 4 nitrogen and oxygen atoms in total. The average Bonchev–Trinajstić information content (AvgIpc) is 2.65. The molecule has 0 fully saturated rings. The number of anilines is 1. The van der Waals surface area contributed by atoms with Gasteiger partial charge in [-0.25, -0.2) is 0 Å². The van der Waals surface area contributed by atoms with Crippen molar-refractivity contribution < 1.29 is 4.79 Å². The van der Waals surface area contributed by atoms with Crippen LogP contribution in [-0.4, -0.2) is 16.1 Å². The molecule has 0 atom stereocenters. The number of aromatic nitrogens is 2. The molecular formula is C12H13N3O. The first kappa shape index (κ1) is 10.4. The van der Waals surface area contributed by atoms with Crippen molar-refractivity contribution in [1.82, 2.24) is 10.2 Å². The van der Waals surface area contributed by atoms with Crippen LogP contribution in [0.2, 0.25) is 0 Å². The third-order valence-corrected chi connectivity index (χ3v) is 2.27. The molecule has 0 aliphatic carbocycles. The topological polar surface area (TPSA) is 57.8 Å². The summed E-state index contributed by atoms with van der Waals surface area (Å²) in [6.45, 7) is 3.50. The summed E-state index contributed by atoms with van der Waals surface area (Å²) in [5.74, 6) is 0.524. The van der Waals surface area contributed by atoms with Gasteiger partial charge in [-0.3, -0.25) is 9.89 Å². The van der Waals surface area contributed by atoms with E-state index < -0.39 is 0 Å². The molecule has 0 unspecified atom stereocenters. The van der Waals surface area contributed by atoms with Gasteiger partial charge in [0.15, 0.2) is 0 Å². The Hall–Kier alpha value is -2.10. The number of carbonyl (C=O) groups is 1. The molecule has 16 heavy (non-hydrogen) atoms. The smallest absolute Gasteiger partial charge is 0.222 e. The van der Waals surface area contributed by atoms with Gasteiger partial charge in [-0.1, -0.05) is 29.8 Å². The number of aromatic amines is 1. The quantitative estimate of drug-likeness (QED) is 0.807. The van der Waals surface area contributed by atoms with Crippen LogP contribution in [0.4, 0.5) is 5.82 Å². The second-order valence-electron chi connectivity index (χ2n) is 3.71. The van der Waals surface area contributed by atoms with Crippen molar-refractivity contribution in [3.63, 3.8) is 0 Å². The fourth-order valence-electron chi connectivity index (χ4n) is 1.59. The largest absolute Gasteiger partial charge is 0.311 e. The lowest BCUT2D eigenvalue weighted by molar-refractivity contribution is -0.114. The molecule has 0 aliphatic rings. The second-order valence-corrected chi connectivity index (χ2v) is 3.71. The van der Waals surface area contributed by atoms with Crippen LogP contribution < -0.4 is 5.32 Å². The zero-order valence-corrected chi connectivity index (χ0v) is 9.24. The van der Waals surface area contributed by atoms with Crippen LogP contribution in [0.3, 0.4) is 0 Å². The number of rotatable bonds is 2. The van der Waals surface area contributed by atoms with E-state index in [-0.39, 0.29) is 5.91 Å². The monoisotopic (exact) mass is 215 g/mol. The van der Waals surface area contributed by atoms with Crippen LogP contribution in [0.25, 0.3) is 11.1 Å². The number of nitrogens with zero attached hydrogens (tertiary/aromatic N) is 1. The first-order valence-electron chi connectivity index (χ1n) is 5.05. The molecule has 0 saturated heterocycles. The zero-order valence-electron chi connectivity index (χ0n) is 9.24. The highest BCUT2D eigenvalue weighted by Crippen LogP contribution is 2.26. The first-order valence-corrected chi connectivity index (χ1v) is 5.05. The molecule has 1 amide bonds. The van der Waals surface area contributed by atoms with E-state index in [0.29, 0.717) is 5.82 Å². The third-order valence-electron chi connectivity index (χ3n) is 2.27. The van der Waals surface area contributed by atoms with Crippen LogP contribution >= 0.6 is 0 Å². The van der Waals surface area contributed by atoms with Gasteiger partial charge in [0.05, 0.1) is 6.20 Å². The zero-order chi connectivity index (χ0) is 11.5. The van der Waals surface area contributed by atoms with Gasteiger partial charge < -0.3 is 5.32 Å². The number of benzene rings is 1. The van der Waals surface area contributed by atoms with E-state index >= 15 is 0 Å². The summed E-state index contributed by atoms with van der Waals surface area (Å²) in [6, 6.07) is 8.05. The van der Waals surface area contributed by atoms with Gasteiger partial charge in [0.1, 0.15) is 5.82 Å². The van der Waals surface area contributed by atoms with Gasteiger partial charge in [-0.15, -0.1) is 0 Å². The van der Waals surface area contributed by atoms with E-state index in [0.717, 1.165) is 11.1 Å².